The van der Waals surface area contributed by atoms with Gasteiger partial charge < -0.3 is 0 Å². The van der Waals surface area contributed by atoms with Gasteiger partial charge in [-0.2, -0.15) is 0 Å². The van der Waals surface area contributed by atoms with Gasteiger partial charge in [-0.25, -0.2) is 12.8 Å². The Morgan fingerprint density at radius 3 is 2.45 bits per heavy atom. The number of fused-ring (bicyclic) bond motifs is 1. The summed E-state index contributed by atoms with van der Waals surface area (Å²) in [6.07, 6.45) is 0. The fourth-order valence-electron chi connectivity index (χ4n) is 2.32. The number of halogens is 1. The topological polar surface area (TPSA) is 47.0 Å². The summed E-state index contributed by atoms with van der Waals surface area (Å²) in [5.41, 5.74) is 1.81. The number of rotatable bonds is 4. The number of sulfone groups is 1. The van der Waals surface area contributed by atoms with Crippen LogP contribution < -0.4 is 0 Å². The maximum atomic E-state index is 13.1. The van der Waals surface area contributed by atoms with Crippen molar-refractivity contribution >= 4 is 20.7 Å². The predicted molar refractivity (Wildman–Crippen MR) is 84.5 cm³/mol. The van der Waals surface area contributed by atoms with E-state index in [2.05, 4.69) is 4.98 Å². The molecule has 0 atom stereocenters. The fourth-order valence-corrected chi connectivity index (χ4v) is 3.74. The molecule has 22 heavy (non-hydrogen) atoms. The van der Waals surface area contributed by atoms with Gasteiger partial charge in [0.05, 0.1) is 22.7 Å². The minimum atomic E-state index is -3.30. The van der Waals surface area contributed by atoms with Crippen molar-refractivity contribution in [3.8, 4) is 0 Å². The number of benzene rings is 2. The molecule has 2 aromatic carbocycles. The summed E-state index contributed by atoms with van der Waals surface area (Å²) in [6.45, 7) is 0. The minimum Gasteiger partial charge on any atom is -0.252 e. The summed E-state index contributed by atoms with van der Waals surface area (Å²) >= 11 is 0. The third kappa shape index (κ3) is 3.49. The molecule has 0 aliphatic heterocycles. The van der Waals surface area contributed by atoms with Crippen LogP contribution in [-0.2, 0) is 21.3 Å². The van der Waals surface area contributed by atoms with Crippen LogP contribution in [0.5, 0.6) is 0 Å². The van der Waals surface area contributed by atoms with Crippen LogP contribution in [0.15, 0.2) is 60.7 Å². The van der Waals surface area contributed by atoms with Crippen LogP contribution in [0.25, 0.3) is 10.9 Å². The van der Waals surface area contributed by atoms with Crippen LogP contribution in [0.1, 0.15) is 11.3 Å². The second-order valence-electron chi connectivity index (χ2n) is 5.16. The lowest BCUT2D eigenvalue weighted by atomic mass is 10.2. The van der Waals surface area contributed by atoms with Gasteiger partial charge in [0.2, 0.25) is 0 Å². The van der Waals surface area contributed by atoms with E-state index in [9.17, 15) is 12.8 Å². The first kappa shape index (κ1) is 14.7. The number of hydrogen-bond donors (Lipinski definition) is 0. The minimum absolute atomic E-state index is 0.0169. The maximum Gasteiger partial charge on any atom is 0.160 e. The number of hydrogen-bond acceptors (Lipinski definition) is 3. The van der Waals surface area contributed by atoms with Crippen molar-refractivity contribution in [1.29, 1.82) is 0 Å². The molecule has 0 unspecified atom stereocenters. The standard InChI is InChI=1S/C17H14FNO2S/c18-15-7-9-17-14(10-15)6-8-16(19-17)12-22(20,21)11-13-4-2-1-3-5-13/h1-10H,11-12H2. The molecule has 0 saturated carbocycles. The van der Waals surface area contributed by atoms with Gasteiger partial charge in [-0.15, -0.1) is 0 Å². The van der Waals surface area contributed by atoms with Gasteiger partial charge in [0.15, 0.2) is 9.84 Å². The van der Waals surface area contributed by atoms with Crippen LogP contribution in [0.4, 0.5) is 4.39 Å². The zero-order valence-corrected chi connectivity index (χ0v) is 12.6. The molecule has 0 radical (unpaired) electrons. The van der Waals surface area contributed by atoms with Gasteiger partial charge in [0.1, 0.15) is 5.82 Å². The average Bonchev–Trinajstić information content (AvgIpc) is 2.47. The molecule has 0 amide bonds. The Balaban J connectivity index is 1.84. The van der Waals surface area contributed by atoms with Gasteiger partial charge in [0, 0.05) is 5.39 Å². The zero-order valence-electron chi connectivity index (χ0n) is 11.7. The van der Waals surface area contributed by atoms with Gasteiger partial charge in [-0.1, -0.05) is 36.4 Å². The van der Waals surface area contributed by atoms with Gasteiger partial charge in [0.25, 0.3) is 0 Å². The quantitative estimate of drug-likeness (QED) is 0.740. The number of pyridine rings is 1. The van der Waals surface area contributed by atoms with E-state index in [1.165, 1.54) is 12.1 Å². The molecule has 1 heterocycles. The van der Waals surface area contributed by atoms with E-state index in [1.54, 1.807) is 30.3 Å². The molecule has 5 heteroatoms. The molecule has 112 valence electrons. The largest absolute Gasteiger partial charge is 0.252 e. The van der Waals surface area contributed by atoms with Crippen molar-refractivity contribution in [1.82, 2.24) is 4.98 Å². The third-order valence-electron chi connectivity index (χ3n) is 3.31. The third-order valence-corrected chi connectivity index (χ3v) is 4.81. The second-order valence-corrected chi connectivity index (χ2v) is 7.22. The van der Waals surface area contributed by atoms with E-state index >= 15 is 0 Å². The zero-order chi connectivity index (χ0) is 15.6. The summed E-state index contributed by atoms with van der Waals surface area (Å²) < 4.78 is 37.6. The summed E-state index contributed by atoms with van der Waals surface area (Å²) in [4.78, 5) is 4.30. The molecule has 0 N–H and O–H groups in total. The van der Waals surface area contributed by atoms with E-state index in [1.807, 2.05) is 18.2 Å². The molecule has 0 aliphatic carbocycles. The van der Waals surface area contributed by atoms with Gasteiger partial charge >= 0.3 is 0 Å². The Bertz CT molecular complexity index is 908. The molecule has 0 aliphatic rings. The number of nitrogens with zero attached hydrogens (tertiary/aromatic N) is 1. The van der Waals surface area contributed by atoms with Crippen LogP contribution >= 0.6 is 0 Å². The Morgan fingerprint density at radius 2 is 1.68 bits per heavy atom. The van der Waals surface area contributed by atoms with E-state index < -0.39 is 9.84 Å². The summed E-state index contributed by atoms with van der Waals surface area (Å²) in [5.74, 6) is -0.481. The predicted octanol–water partition coefficient (Wildman–Crippen LogP) is 3.49. The lowest BCUT2D eigenvalue weighted by Crippen LogP contribution is -2.08. The first-order chi connectivity index (χ1) is 10.5. The average molecular weight is 315 g/mol. The molecule has 3 rings (SSSR count). The first-order valence-corrected chi connectivity index (χ1v) is 8.63. The molecule has 0 spiro atoms. The smallest absolute Gasteiger partial charge is 0.160 e. The SMILES string of the molecule is O=S(=O)(Cc1ccccc1)Cc1ccc2cc(F)ccc2n1. The van der Waals surface area contributed by atoms with Crippen molar-refractivity contribution in [2.24, 2.45) is 0 Å². The van der Waals surface area contributed by atoms with E-state index in [-0.39, 0.29) is 17.3 Å². The van der Waals surface area contributed by atoms with Crippen molar-refractivity contribution in [2.45, 2.75) is 11.5 Å². The van der Waals surface area contributed by atoms with E-state index in [0.29, 0.717) is 16.6 Å². The Kier molecular flexibility index (Phi) is 3.90. The lowest BCUT2D eigenvalue weighted by molar-refractivity contribution is 0.594. The first-order valence-electron chi connectivity index (χ1n) is 6.81. The highest BCUT2D eigenvalue weighted by molar-refractivity contribution is 7.89. The van der Waals surface area contributed by atoms with E-state index in [0.717, 1.165) is 5.56 Å². The second kappa shape index (κ2) is 5.85. The fraction of sp³-hybridized carbons (Fsp3) is 0.118. The monoisotopic (exact) mass is 315 g/mol. The number of aromatic nitrogens is 1. The van der Waals surface area contributed by atoms with Crippen molar-refractivity contribution < 1.29 is 12.8 Å². The normalized spacial score (nSPS) is 11.7. The molecule has 0 fully saturated rings. The highest BCUT2D eigenvalue weighted by atomic mass is 32.2. The van der Waals surface area contributed by atoms with Crippen molar-refractivity contribution in [2.75, 3.05) is 0 Å². The van der Waals surface area contributed by atoms with Crippen molar-refractivity contribution in [3.63, 3.8) is 0 Å². The summed E-state index contributed by atoms with van der Waals surface area (Å²) in [5, 5.41) is 0.657. The van der Waals surface area contributed by atoms with E-state index in [4.69, 9.17) is 0 Å². The molecular weight excluding hydrogens is 301 g/mol. The van der Waals surface area contributed by atoms with Crippen LogP contribution in [0, 0.1) is 5.82 Å². The lowest BCUT2D eigenvalue weighted by Gasteiger charge is -2.06. The molecular formula is C17H14FNO2S. The highest BCUT2D eigenvalue weighted by Gasteiger charge is 2.14. The summed E-state index contributed by atoms with van der Waals surface area (Å²) in [7, 11) is -3.30. The Morgan fingerprint density at radius 1 is 0.909 bits per heavy atom. The van der Waals surface area contributed by atoms with Crippen LogP contribution in [-0.4, -0.2) is 13.4 Å². The Hall–Kier alpha value is -2.27. The molecule has 1 aromatic heterocycles. The van der Waals surface area contributed by atoms with Crippen LogP contribution in [0.2, 0.25) is 0 Å². The van der Waals surface area contributed by atoms with Crippen molar-refractivity contribution in [3.05, 3.63) is 77.7 Å². The van der Waals surface area contributed by atoms with Crippen LogP contribution in [0.3, 0.4) is 0 Å². The molecule has 3 nitrogen and oxygen atoms in total. The highest BCUT2D eigenvalue weighted by Crippen LogP contribution is 2.17. The van der Waals surface area contributed by atoms with Gasteiger partial charge in [-0.3, -0.25) is 4.98 Å². The maximum absolute atomic E-state index is 13.1. The van der Waals surface area contributed by atoms with Gasteiger partial charge in [-0.05, 0) is 29.8 Å². The molecule has 0 saturated heterocycles. The molecule has 0 bridgehead atoms. The molecule has 3 aromatic rings. The Labute approximate surface area is 128 Å². The summed E-state index contributed by atoms with van der Waals surface area (Å²) in [6, 6.07) is 16.6.